The molecule has 0 atom stereocenters. The van der Waals surface area contributed by atoms with Crippen LogP contribution in [0.1, 0.15) is 42.9 Å². The fraction of sp³-hybridized carbons (Fsp3) is 0.375. The number of hydrogen-bond acceptors (Lipinski definition) is 2. The van der Waals surface area contributed by atoms with Crippen molar-refractivity contribution >= 4 is 11.6 Å². The zero-order valence-electron chi connectivity index (χ0n) is 11.4. The quantitative estimate of drug-likeness (QED) is 0.906. The van der Waals surface area contributed by atoms with Crippen LogP contribution in [0.3, 0.4) is 0 Å². The van der Waals surface area contributed by atoms with Crippen molar-refractivity contribution < 1.29 is 0 Å². The van der Waals surface area contributed by atoms with Crippen molar-refractivity contribution in [2.45, 2.75) is 38.5 Å². The van der Waals surface area contributed by atoms with E-state index in [9.17, 15) is 4.79 Å². The van der Waals surface area contributed by atoms with Gasteiger partial charge in [-0.3, -0.25) is 4.79 Å². The average Bonchev–Trinajstić information content (AvgIpc) is 2.95. The van der Waals surface area contributed by atoms with Gasteiger partial charge in [0.25, 0.3) is 5.56 Å². The molecule has 1 heterocycles. The first-order chi connectivity index (χ1) is 9.63. The van der Waals surface area contributed by atoms with Gasteiger partial charge in [-0.25, -0.2) is 4.98 Å². The molecule has 3 rings (SSSR count). The van der Waals surface area contributed by atoms with Crippen LogP contribution >= 0.6 is 11.6 Å². The number of rotatable bonds is 2. The van der Waals surface area contributed by atoms with Crippen molar-refractivity contribution in [2.75, 3.05) is 0 Å². The third-order valence-corrected chi connectivity index (χ3v) is 4.39. The number of hydrogen-bond donors (Lipinski definition) is 1. The van der Waals surface area contributed by atoms with Gasteiger partial charge in [-0.1, -0.05) is 36.6 Å². The molecule has 0 unspecified atom stereocenters. The van der Waals surface area contributed by atoms with Crippen LogP contribution in [-0.2, 0) is 0 Å². The van der Waals surface area contributed by atoms with Crippen LogP contribution < -0.4 is 5.56 Å². The molecule has 4 heteroatoms. The molecule has 1 aliphatic rings. The van der Waals surface area contributed by atoms with Crippen molar-refractivity contribution in [3.63, 3.8) is 0 Å². The lowest BCUT2D eigenvalue weighted by molar-refractivity contribution is 0.693. The molecule has 104 valence electrons. The van der Waals surface area contributed by atoms with Gasteiger partial charge in [0, 0.05) is 22.6 Å². The maximum atomic E-state index is 11.9. The Balaban J connectivity index is 2.04. The predicted molar refractivity (Wildman–Crippen MR) is 81.2 cm³/mol. The largest absolute Gasteiger partial charge is 0.307 e. The fourth-order valence-corrected chi connectivity index (χ4v) is 2.96. The third kappa shape index (κ3) is 2.63. The van der Waals surface area contributed by atoms with Gasteiger partial charge in [-0.2, -0.15) is 0 Å². The third-order valence-electron chi connectivity index (χ3n) is 3.98. The summed E-state index contributed by atoms with van der Waals surface area (Å²) in [6.07, 6.45) is 4.71. The molecular weight excluding hydrogens is 272 g/mol. The second-order valence-corrected chi connectivity index (χ2v) is 5.87. The number of benzene rings is 1. The van der Waals surface area contributed by atoms with Crippen LogP contribution in [0.25, 0.3) is 11.4 Å². The average molecular weight is 289 g/mol. The molecule has 0 amide bonds. The Hall–Kier alpha value is -1.61. The molecule has 0 saturated heterocycles. The van der Waals surface area contributed by atoms with Crippen molar-refractivity contribution in [3.8, 4) is 11.4 Å². The van der Waals surface area contributed by atoms with Crippen molar-refractivity contribution in [3.05, 3.63) is 50.9 Å². The molecule has 0 radical (unpaired) electrons. The molecule has 1 saturated carbocycles. The summed E-state index contributed by atoms with van der Waals surface area (Å²) < 4.78 is 0. The van der Waals surface area contributed by atoms with Crippen LogP contribution in [-0.4, -0.2) is 9.97 Å². The predicted octanol–water partition coefficient (Wildman–Crippen LogP) is 4.06. The van der Waals surface area contributed by atoms with Crippen LogP contribution in [0, 0.1) is 6.92 Å². The van der Waals surface area contributed by atoms with E-state index in [2.05, 4.69) is 9.97 Å². The number of aromatic amines is 1. The normalized spacial score (nSPS) is 15.7. The summed E-state index contributed by atoms with van der Waals surface area (Å²) in [5.74, 6) is 1.04. The van der Waals surface area contributed by atoms with Crippen LogP contribution in [0.2, 0.25) is 5.02 Å². The first-order valence-electron chi connectivity index (χ1n) is 7.01. The zero-order chi connectivity index (χ0) is 14.1. The monoisotopic (exact) mass is 288 g/mol. The van der Waals surface area contributed by atoms with Gasteiger partial charge in [0.1, 0.15) is 5.82 Å². The Labute approximate surface area is 123 Å². The lowest BCUT2D eigenvalue weighted by atomic mass is 10.0. The number of nitrogens with one attached hydrogen (secondary N) is 1. The summed E-state index contributed by atoms with van der Waals surface area (Å²) in [5, 5.41) is 0.691. The van der Waals surface area contributed by atoms with Crippen molar-refractivity contribution in [2.24, 2.45) is 0 Å². The van der Waals surface area contributed by atoms with E-state index in [4.69, 9.17) is 11.6 Å². The zero-order valence-corrected chi connectivity index (χ0v) is 12.2. The summed E-state index contributed by atoms with van der Waals surface area (Å²) in [4.78, 5) is 19.3. The van der Waals surface area contributed by atoms with Gasteiger partial charge in [-0.05, 0) is 31.4 Å². The minimum Gasteiger partial charge on any atom is -0.307 e. The maximum Gasteiger partial charge on any atom is 0.251 e. The van der Waals surface area contributed by atoms with E-state index >= 15 is 0 Å². The minimum absolute atomic E-state index is 0.0893. The van der Waals surface area contributed by atoms with E-state index in [1.165, 1.54) is 12.8 Å². The first-order valence-corrected chi connectivity index (χ1v) is 7.39. The van der Waals surface area contributed by atoms with E-state index in [1.807, 2.05) is 25.1 Å². The number of H-pyrrole nitrogens is 1. The smallest absolute Gasteiger partial charge is 0.251 e. The lowest BCUT2D eigenvalue weighted by Crippen LogP contribution is -2.12. The Bertz CT molecular complexity index is 687. The Morgan fingerprint density at radius 3 is 2.70 bits per heavy atom. The summed E-state index contributed by atoms with van der Waals surface area (Å²) in [7, 11) is 0. The molecule has 3 nitrogen and oxygen atoms in total. The molecule has 1 aromatic heterocycles. The highest BCUT2D eigenvalue weighted by atomic mass is 35.5. The molecule has 0 aliphatic heterocycles. The van der Waals surface area contributed by atoms with Crippen LogP contribution in [0.15, 0.2) is 29.1 Å². The van der Waals surface area contributed by atoms with Gasteiger partial charge in [0.15, 0.2) is 0 Å². The highest BCUT2D eigenvalue weighted by Gasteiger charge is 2.19. The van der Waals surface area contributed by atoms with E-state index in [1.54, 1.807) is 6.07 Å². The Morgan fingerprint density at radius 1 is 1.25 bits per heavy atom. The topological polar surface area (TPSA) is 45.8 Å². The molecule has 0 spiro atoms. The second kappa shape index (κ2) is 5.41. The molecule has 20 heavy (non-hydrogen) atoms. The highest BCUT2D eigenvalue weighted by Crippen LogP contribution is 2.33. The first kappa shape index (κ1) is 13.4. The van der Waals surface area contributed by atoms with Gasteiger partial charge in [0.2, 0.25) is 0 Å². The maximum absolute atomic E-state index is 11.9. The standard InChI is InChI=1S/C16H17ClN2O/c1-10-6-7-12(8-13(10)17)16-18-14(9-15(20)19-16)11-4-2-3-5-11/h6-9,11H,2-5H2,1H3,(H,18,19,20). The van der Waals surface area contributed by atoms with E-state index in [0.717, 1.165) is 29.7 Å². The van der Waals surface area contributed by atoms with E-state index in [-0.39, 0.29) is 5.56 Å². The molecule has 1 fully saturated rings. The van der Waals surface area contributed by atoms with E-state index < -0.39 is 0 Å². The minimum atomic E-state index is -0.0893. The second-order valence-electron chi connectivity index (χ2n) is 5.46. The SMILES string of the molecule is Cc1ccc(-c2nc(C3CCCC3)cc(=O)[nH]2)cc1Cl. The van der Waals surface area contributed by atoms with Gasteiger partial charge in [-0.15, -0.1) is 0 Å². The van der Waals surface area contributed by atoms with Crippen LogP contribution in [0.5, 0.6) is 0 Å². The Kier molecular flexibility index (Phi) is 3.62. The summed E-state index contributed by atoms with van der Waals surface area (Å²) in [5.41, 5.74) is 2.70. The molecular formula is C16H17ClN2O. The summed E-state index contributed by atoms with van der Waals surface area (Å²) in [6.45, 7) is 1.96. The van der Waals surface area contributed by atoms with Gasteiger partial charge in [0.05, 0.1) is 5.69 Å². The summed E-state index contributed by atoms with van der Waals surface area (Å²) >= 11 is 6.15. The number of halogens is 1. The molecule has 2 aromatic rings. The van der Waals surface area contributed by atoms with Crippen molar-refractivity contribution in [1.29, 1.82) is 0 Å². The summed E-state index contributed by atoms with van der Waals surface area (Å²) in [6, 6.07) is 7.38. The molecule has 1 N–H and O–H groups in total. The highest BCUT2D eigenvalue weighted by molar-refractivity contribution is 6.31. The fourth-order valence-electron chi connectivity index (χ4n) is 2.78. The van der Waals surface area contributed by atoms with Crippen molar-refractivity contribution in [1.82, 2.24) is 9.97 Å². The lowest BCUT2D eigenvalue weighted by Gasteiger charge is -2.10. The van der Waals surface area contributed by atoms with Gasteiger partial charge < -0.3 is 4.98 Å². The van der Waals surface area contributed by atoms with Crippen LogP contribution in [0.4, 0.5) is 0 Å². The van der Waals surface area contributed by atoms with Gasteiger partial charge >= 0.3 is 0 Å². The number of aromatic nitrogens is 2. The number of aryl methyl sites for hydroxylation is 1. The molecule has 0 bridgehead atoms. The molecule has 1 aliphatic carbocycles. The van der Waals surface area contributed by atoms with E-state index in [0.29, 0.717) is 16.8 Å². The molecule has 1 aromatic carbocycles. The number of nitrogens with zero attached hydrogens (tertiary/aromatic N) is 1. The Morgan fingerprint density at radius 2 is 2.00 bits per heavy atom.